The Morgan fingerprint density at radius 2 is 2.11 bits per heavy atom. The summed E-state index contributed by atoms with van der Waals surface area (Å²) in [5, 5.41) is 15.1. The first-order valence-corrected chi connectivity index (χ1v) is 6.06. The Bertz CT molecular complexity index is 489. The van der Waals surface area contributed by atoms with E-state index in [0.717, 1.165) is 24.5 Å². The van der Waals surface area contributed by atoms with Crippen molar-refractivity contribution < 1.29 is 0 Å². The molecule has 94 valence electrons. The van der Waals surface area contributed by atoms with Gasteiger partial charge in [-0.25, -0.2) is 0 Å². The highest BCUT2D eigenvalue weighted by Gasteiger charge is 2.06. The normalized spacial score (nSPS) is 11.2. The van der Waals surface area contributed by atoms with Crippen molar-refractivity contribution >= 4 is 0 Å². The Morgan fingerprint density at radius 3 is 2.89 bits per heavy atom. The zero-order valence-corrected chi connectivity index (χ0v) is 10.5. The van der Waals surface area contributed by atoms with Crippen molar-refractivity contribution in [2.45, 2.75) is 19.9 Å². The van der Waals surface area contributed by atoms with Crippen LogP contribution in [-0.2, 0) is 6.54 Å². The Hall–Kier alpha value is -2.01. The van der Waals surface area contributed by atoms with E-state index in [1.807, 2.05) is 37.3 Å². The minimum atomic E-state index is 0.666. The van der Waals surface area contributed by atoms with Gasteiger partial charge < -0.3 is 5.32 Å². The van der Waals surface area contributed by atoms with E-state index in [2.05, 4.69) is 33.0 Å². The number of benzene rings is 1. The number of para-hydroxylation sites is 1. The Labute approximate surface area is 107 Å². The molecule has 1 N–H and O–H groups in total. The summed E-state index contributed by atoms with van der Waals surface area (Å²) in [6, 6.07) is 9.89. The minimum Gasteiger partial charge on any atom is -0.309 e. The van der Waals surface area contributed by atoms with E-state index in [9.17, 15) is 0 Å². The Balaban J connectivity index is 1.96. The summed E-state index contributed by atoms with van der Waals surface area (Å²) < 4.78 is 1.75. The summed E-state index contributed by atoms with van der Waals surface area (Å²) in [6.07, 6.45) is 5.20. The topological polar surface area (TPSA) is 55.6 Å². The van der Waals surface area contributed by atoms with Crippen LogP contribution < -0.4 is 5.32 Å². The van der Waals surface area contributed by atoms with Crippen molar-refractivity contribution in [1.29, 1.82) is 0 Å². The molecule has 5 heteroatoms. The van der Waals surface area contributed by atoms with Crippen LogP contribution in [0.1, 0.15) is 19.2 Å². The molecule has 0 aliphatic rings. The number of rotatable bonds is 6. The van der Waals surface area contributed by atoms with Gasteiger partial charge in [0.05, 0.1) is 12.2 Å². The van der Waals surface area contributed by atoms with Crippen molar-refractivity contribution in [2.75, 3.05) is 6.54 Å². The minimum absolute atomic E-state index is 0.666. The molecule has 0 atom stereocenters. The largest absolute Gasteiger partial charge is 0.309 e. The molecule has 2 rings (SSSR count). The van der Waals surface area contributed by atoms with Crippen LogP contribution in [-0.4, -0.2) is 26.8 Å². The molecule has 0 bridgehead atoms. The molecule has 0 radical (unpaired) electrons. The molecule has 0 aliphatic carbocycles. The second-order valence-electron chi connectivity index (χ2n) is 3.88. The number of nitrogens with zero attached hydrogens (tertiary/aromatic N) is 4. The van der Waals surface area contributed by atoms with Crippen molar-refractivity contribution in [1.82, 2.24) is 25.5 Å². The van der Waals surface area contributed by atoms with E-state index < -0.39 is 0 Å². The third kappa shape index (κ3) is 3.24. The summed E-state index contributed by atoms with van der Waals surface area (Å²) in [7, 11) is 0. The Kier molecular flexibility index (Phi) is 4.60. The van der Waals surface area contributed by atoms with Crippen LogP contribution in [0.15, 0.2) is 42.5 Å². The molecule has 0 saturated heterocycles. The van der Waals surface area contributed by atoms with E-state index in [-0.39, 0.29) is 0 Å². The lowest BCUT2D eigenvalue weighted by Crippen LogP contribution is -2.17. The predicted octanol–water partition coefficient (Wildman–Crippen LogP) is 1.72. The van der Waals surface area contributed by atoms with Gasteiger partial charge in [-0.15, -0.1) is 5.10 Å². The molecule has 0 fully saturated rings. The van der Waals surface area contributed by atoms with E-state index >= 15 is 0 Å². The third-order valence-electron chi connectivity index (χ3n) is 2.54. The summed E-state index contributed by atoms with van der Waals surface area (Å²) in [6.45, 7) is 3.61. The standard InChI is InChI=1S/C13H17N5/c1-2-3-7-10-14-11-13-15-16-17-18(13)12-8-5-4-6-9-12/h2-6,8-9,14H,7,10-11H2,1H3/b3-2+. The molecule has 0 aliphatic heterocycles. The lowest BCUT2D eigenvalue weighted by Gasteiger charge is -2.04. The maximum Gasteiger partial charge on any atom is 0.170 e. The molecule has 18 heavy (non-hydrogen) atoms. The smallest absolute Gasteiger partial charge is 0.170 e. The summed E-state index contributed by atoms with van der Waals surface area (Å²) in [5.74, 6) is 0.821. The zero-order chi connectivity index (χ0) is 12.6. The first kappa shape index (κ1) is 12.4. The number of hydrogen-bond acceptors (Lipinski definition) is 4. The second-order valence-corrected chi connectivity index (χ2v) is 3.88. The molecule has 0 unspecified atom stereocenters. The molecule has 0 amide bonds. The van der Waals surface area contributed by atoms with Gasteiger partial charge in [0.1, 0.15) is 0 Å². The van der Waals surface area contributed by atoms with Gasteiger partial charge in [-0.2, -0.15) is 4.68 Å². The van der Waals surface area contributed by atoms with Gasteiger partial charge in [0.25, 0.3) is 0 Å². The quantitative estimate of drug-likeness (QED) is 0.620. The molecular formula is C13H17N5. The predicted molar refractivity (Wildman–Crippen MR) is 70.3 cm³/mol. The van der Waals surface area contributed by atoms with Crippen LogP contribution in [0.25, 0.3) is 5.69 Å². The van der Waals surface area contributed by atoms with Crippen molar-refractivity contribution in [3.05, 3.63) is 48.3 Å². The van der Waals surface area contributed by atoms with Gasteiger partial charge in [0.2, 0.25) is 0 Å². The summed E-state index contributed by atoms with van der Waals surface area (Å²) in [5.41, 5.74) is 0.979. The fraction of sp³-hybridized carbons (Fsp3) is 0.308. The molecule has 1 heterocycles. The fourth-order valence-electron chi connectivity index (χ4n) is 1.64. The van der Waals surface area contributed by atoms with Gasteiger partial charge in [-0.1, -0.05) is 30.4 Å². The molecule has 1 aromatic heterocycles. The first-order chi connectivity index (χ1) is 8.92. The number of nitrogens with one attached hydrogen (secondary N) is 1. The van der Waals surface area contributed by atoms with Gasteiger partial charge in [0, 0.05) is 0 Å². The molecule has 0 spiro atoms. The van der Waals surface area contributed by atoms with E-state index in [4.69, 9.17) is 0 Å². The average molecular weight is 243 g/mol. The van der Waals surface area contributed by atoms with Crippen LogP contribution in [0.5, 0.6) is 0 Å². The van der Waals surface area contributed by atoms with E-state index in [1.165, 1.54) is 0 Å². The van der Waals surface area contributed by atoms with Gasteiger partial charge in [0.15, 0.2) is 5.82 Å². The van der Waals surface area contributed by atoms with Crippen molar-refractivity contribution in [3.8, 4) is 5.69 Å². The number of allylic oxidation sites excluding steroid dienone is 1. The molecule has 0 saturated carbocycles. The lowest BCUT2D eigenvalue weighted by molar-refractivity contribution is 0.645. The van der Waals surface area contributed by atoms with Crippen molar-refractivity contribution in [2.24, 2.45) is 0 Å². The van der Waals surface area contributed by atoms with Crippen LogP contribution in [0, 0.1) is 0 Å². The molecule has 1 aromatic carbocycles. The molecule has 5 nitrogen and oxygen atoms in total. The lowest BCUT2D eigenvalue weighted by atomic mass is 10.3. The first-order valence-electron chi connectivity index (χ1n) is 6.06. The van der Waals surface area contributed by atoms with Crippen LogP contribution >= 0.6 is 0 Å². The van der Waals surface area contributed by atoms with Crippen LogP contribution in [0.3, 0.4) is 0 Å². The third-order valence-corrected chi connectivity index (χ3v) is 2.54. The van der Waals surface area contributed by atoms with Gasteiger partial charge >= 0.3 is 0 Å². The monoisotopic (exact) mass is 243 g/mol. The SMILES string of the molecule is C/C=C/CCNCc1nnnn1-c1ccccc1. The van der Waals surface area contributed by atoms with Gasteiger partial charge in [-0.05, 0) is 42.4 Å². The highest BCUT2D eigenvalue weighted by Crippen LogP contribution is 2.06. The highest BCUT2D eigenvalue weighted by atomic mass is 15.5. The maximum atomic E-state index is 4.03. The number of tetrazole rings is 1. The maximum absolute atomic E-state index is 4.03. The van der Waals surface area contributed by atoms with E-state index in [1.54, 1.807) is 4.68 Å². The van der Waals surface area contributed by atoms with Crippen molar-refractivity contribution in [3.63, 3.8) is 0 Å². The number of hydrogen-bond donors (Lipinski definition) is 1. The summed E-state index contributed by atoms with van der Waals surface area (Å²) in [4.78, 5) is 0. The molecular weight excluding hydrogens is 226 g/mol. The second kappa shape index (κ2) is 6.66. The van der Waals surface area contributed by atoms with Crippen LogP contribution in [0.2, 0.25) is 0 Å². The average Bonchev–Trinajstić information content (AvgIpc) is 2.88. The summed E-state index contributed by atoms with van der Waals surface area (Å²) >= 11 is 0. The highest BCUT2D eigenvalue weighted by molar-refractivity contribution is 5.30. The zero-order valence-electron chi connectivity index (χ0n) is 10.5. The van der Waals surface area contributed by atoms with E-state index in [0.29, 0.717) is 6.54 Å². The fourth-order valence-corrected chi connectivity index (χ4v) is 1.64. The Morgan fingerprint density at radius 1 is 1.28 bits per heavy atom. The number of aromatic nitrogens is 4. The van der Waals surface area contributed by atoms with Crippen LogP contribution in [0.4, 0.5) is 0 Å². The molecule has 2 aromatic rings. The van der Waals surface area contributed by atoms with Gasteiger partial charge in [-0.3, -0.25) is 0 Å².